The lowest BCUT2D eigenvalue weighted by atomic mass is 9.33. The van der Waals surface area contributed by atoms with E-state index < -0.39 is 10.5 Å². The SMILES string of the molecule is C[C@H]1[C@H](C)CC[C@]2(C(=O)OCCCO[N+](=O)[O-])CC[C@]3(C)C(=CC[C@@H]4[C@@]5(C)CC[C@H](O)C(C)(C)[C@@H]5CC[C@]43C)[C@H]12. The van der Waals surface area contributed by atoms with E-state index in [1.165, 1.54) is 12.0 Å². The summed E-state index contributed by atoms with van der Waals surface area (Å²) in [7, 11) is 0. The predicted molar refractivity (Wildman–Crippen MR) is 153 cm³/mol. The Morgan fingerprint density at radius 2 is 1.73 bits per heavy atom. The van der Waals surface area contributed by atoms with Crippen LogP contribution in [-0.4, -0.2) is 35.5 Å². The molecule has 0 heterocycles. The molecule has 0 spiro atoms. The second-order valence-electron chi connectivity index (χ2n) is 15.7. The molecule has 0 saturated heterocycles. The van der Waals surface area contributed by atoms with E-state index in [1.807, 2.05) is 0 Å². The van der Waals surface area contributed by atoms with Gasteiger partial charge in [-0.1, -0.05) is 60.1 Å². The largest absolute Gasteiger partial charge is 0.465 e. The smallest absolute Gasteiger partial charge is 0.312 e. The van der Waals surface area contributed by atoms with E-state index in [2.05, 4.69) is 59.4 Å². The van der Waals surface area contributed by atoms with Gasteiger partial charge in [0.25, 0.3) is 5.09 Å². The lowest BCUT2D eigenvalue weighted by molar-refractivity contribution is -0.757. The molecule has 4 fully saturated rings. The molecule has 0 aromatic rings. The van der Waals surface area contributed by atoms with Gasteiger partial charge in [-0.05, 0) is 109 Å². The lowest BCUT2D eigenvalue weighted by Crippen LogP contribution is -2.65. The number of ether oxygens (including phenoxy) is 1. The van der Waals surface area contributed by atoms with Crippen LogP contribution in [0, 0.1) is 66.8 Å². The minimum absolute atomic E-state index is 0.0312. The Hall–Kier alpha value is -1.63. The molecule has 226 valence electrons. The van der Waals surface area contributed by atoms with Crippen molar-refractivity contribution in [3.8, 4) is 0 Å². The van der Waals surface area contributed by atoms with E-state index in [0.29, 0.717) is 30.1 Å². The van der Waals surface area contributed by atoms with Crippen molar-refractivity contribution in [2.24, 2.45) is 56.7 Å². The average molecular weight is 560 g/mol. The van der Waals surface area contributed by atoms with E-state index >= 15 is 0 Å². The van der Waals surface area contributed by atoms with Gasteiger partial charge in [-0.25, -0.2) is 0 Å². The van der Waals surface area contributed by atoms with Gasteiger partial charge in [0.15, 0.2) is 0 Å². The van der Waals surface area contributed by atoms with Gasteiger partial charge >= 0.3 is 5.97 Å². The fraction of sp³-hybridized carbons (Fsp3) is 0.909. The van der Waals surface area contributed by atoms with Crippen molar-refractivity contribution in [3.05, 3.63) is 21.8 Å². The summed E-state index contributed by atoms with van der Waals surface area (Å²) in [5, 5.41) is 20.7. The summed E-state index contributed by atoms with van der Waals surface area (Å²) in [5.74, 6) is 2.09. The molecule has 7 heteroatoms. The molecule has 0 unspecified atom stereocenters. The molecule has 7 nitrogen and oxygen atoms in total. The minimum Gasteiger partial charge on any atom is -0.465 e. The first-order valence-electron chi connectivity index (χ1n) is 16.0. The van der Waals surface area contributed by atoms with Gasteiger partial charge < -0.3 is 14.7 Å². The summed E-state index contributed by atoms with van der Waals surface area (Å²) in [4.78, 5) is 28.9. The first-order chi connectivity index (χ1) is 18.6. The molecule has 4 saturated carbocycles. The maximum absolute atomic E-state index is 13.9. The number of aliphatic hydroxyl groups is 1. The number of hydrogen-bond donors (Lipinski definition) is 1. The lowest BCUT2D eigenvalue weighted by Gasteiger charge is -2.71. The van der Waals surface area contributed by atoms with Crippen LogP contribution in [0.15, 0.2) is 11.6 Å². The van der Waals surface area contributed by atoms with Crippen molar-refractivity contribution >= 4 is 5.97 Å². The van der Waals surface area contributed by atoms with Crippen LogP contribution in [0.4, 0.5) is 0 Å². The van der Waals surface area contributed by atoms with Crippen LogP contribution in [-0.2, 0) is 14.4 Å². The van der Waals surface area contributed by atoms with Gasteiger partial charge in [0, 0.05) is 6.42 Å². The highest BCUT2D eigenvalue weighted by Crippen LogP contribution is 2.75. The van der Waals surface area contributed by atoms with Gasteiger partial charge in [-0.2, -0.15) is 0 Å². The molecule has 0 aromatic carbocycles. The van der Waals surface area contributed by atoms with E-state index in [9.17, 15) is 20.0 Å². The summed E-state index contributed by atoms with van der Waals surface area (Å²) < 4.78 is 5.88. The highest BCUT2D eigenvalue weighted by atomic mass is 16.9. The number of hydrogen-bond acceptors (Lipinski definition) is 6. The molecule has 5 aliphatic carbocycles. The molecule has 0 aromatic heterocycles. The Balaban J connectivity index is 1.47. The highest BCUT2D eigenvalue weighted by Gasteiger charge is 2.69. The minimum atomic E-state index is -0.795. The summed E-state index contributed by atoms with van der Waals surface area (Å²) in [6, 6.07) is 0. The first kappa shape index (κ1) is 29.8. The van der Waals surface area contributed by atoms with E-state index in [-0.39, 0.29) is 52.9 Å². The van der Waals surface area contributed by atoms with Crippen LogP contribution in [0.5, 0.6) is 0 Å². The van der Waals surface area contributed by atoms with Crippen LogP contribution >= 0.6 is 0 Å². The fourth-order valence-corrected chi connectivity index (χ4v) is 11.3. The molecule has 0 bridgehead atoms. The Kier molecular flexibility index (Phi) is 7.45. The quantitative estimate of drug-likeness (QED) is 0.122. The number of rotatable bonds is 6. The van der Waals surface area contributed by atoms with Crippen molar-refractivity contribution in [1.82, 2.24) is 0 Å². The second kappa shape index (κ2) is 9.98. The zero-order valence-corrected chi connectivity index (χ0v) is 26.0. The van der Waals surface area contributed by atoms with Crippen molar-refractivity contribution < 1.29 is 24.6 Å². The summed E-state index contributed by atoms with van der Waals surface area (Å²) in [6.45, 7) is 17.0. The van der Waals surface area contributed by atoms with Crippen LogP contribution in [0.3, 0.4) is 0 Å². The Morgan fingerprint density at radius 1 is 1.00 bits per heavy atom. The molecule has 0 aliphatic heterocycles. The molecule has 5 aliphatic rings. The number of carbonyl (C=O) groups is 1. The Bertz CT molecular complexity index is 1060. The van der Waals surface area contributed by atoms with Crippen molar-refractivity contribution in [1.29, 1.82) is 0 Å². The third-order valence-electron chi connectivity index (χ3n) is 14.1. The van der Waals surface area contributed by atoms with Crippen LogP contribution in [0.2, 0.25) is 0 Å². The fourth-order valence-electron chi connectivity index (χ4n) is 11.3. The summed E-state index contributed by atoms with van der Waals surface area (Å²) >= 11 is 0. The zero-order chi connectivity index (χ0) is 29.3. The molecular weight excluding hydrogens is 506 g/mol. The number of esters is 1. The summed E-state index contributed by atoms with van der Waals surface area (Å²) in [6.07, 6.45) is 11.8. The van der Waals surface area contributed by atoms with Gasteiger partial charge in [-0.15, -0.1) is 10.1 Å². The van der Waals surface area contributed by atoms with Gasteiger partial charge in [0.1, 0.15) is 0 Å². The average Bonchev–Trinajstić information content (AvgIpc) is 2.88. The van der Waals surface area contributed by atoms with Crippen LogP contribution < -0.4 is 0 Å². The molecule has 0 radical (unpaired) electrons. The van der Waals surface area contributed by atoms with Gasteiger partial charge in [-0.3, -0.25) is 4.79 Å². The molecule has 10 atom stereocenters. The number of allylic oxidation sites excluding steroid dienone is 2. The normalized spacial score (nSPS) is 47.5. The number of carbonyl (C=O) groups excluding carboxylic acids is 1. The predicted octanol–water partition coefficient (Wildman–Crippen LogP) is 7.15. The van der Waals surface area contributed by atoms with Crippen LogP contribution in [0.25, 0.3) is 0 Å². The van der Waals surface area contributed by atoms with Crippen molar-refractivity contribution in [3.63, 3.8) is 0 Å². The van der Waals surface area contributed by atoms with Crippen molar-refractivity contribution in [2.75, 3.05) is 13.2 Å². The monoisotopic (exact) mass is 559 g/mol. The third-order valence-corrected chi connectivity index (χ3v) is 14.1. The molecule has 1 N–H and O–H groups in total. The molecular formula is C33H53NO6. The van der Waals surface area contributed by atoms with E-state index in [4.69, 9.17) is 4.74 Å². The molecule has 40 heavy (non-hydrogen) atoms. The molecule has 5 rings (SSSR count). The van der Waals surface area contributed by atoms with Crippen LogP contribution in [0.1, 0.15) is 113 Å². The maximum atomic E-state index is 13.9. The highest BCUT2D eigenvalue weighted by molar-refractivity contribution is 5.79. The Morgan fingerprint density at radius 3 is 2.42 bits per heavy atom. The maximum Gasteiger partial charge on any atom is 0.312 e. The summed E-state index contributed by atoms with van der Waals surface area (Å²) in [5.41, 5.74) is 1.32. The standard InChI is InChI=1S/C33H53NO6/c1-21-11-16-33(28(36)39-19-8-20-40-34(37)38)18-17-31(6)23(27(33)22(21)2)9-10-25-30(5)14-13-26(35)29(3,4)24(30)12-15-32(25,31)7/h9,21-22,24-27,35H,8,10-20H2,1-7H3/t21-,22+,24+,25-,26+,27+,30+,31-,32-,33+/m1/s1. The van der Waals surface area contributed by atoms with Gasteiger partial charge in [0.05, 0.1) is 24.7 Å². The van der Waals surface area contributed by atoms with E-state index in [0.717, 1.165) is 51.4 Å². The topological polar surface area (TPSA) is 98.9 Å². The zero-order valence-electron chi connectivity index (χ0n) is 26.0. The first-order valence-corrected chi connectivity index (χ1v) is 16.0. The second-order valence-corrected chi connectivity index (χ2v) is 15.7. The third kappa shape index (κ3) is 4.10. The number of aliphatic hydroxyl groups excluding tert-OH is 1. The molecule has 0 amide bonds. The van der Waals surface area contributed by atoms with Gasteiger partial charge in [0.2, 0.25) is 0 Å². The Labute approximate surface area is 240 Å². The van der Waals surface area contributed by atoms with Crippen molar-refractivity contribution in [2.45, 2.75) is 119 Å². The number of fused-ring (bicyclic) bond motifs is 7. The van der Waals surface area contributed by atoms with E-state index in [1.54, 1.807) is 0 Å². The number of nitrogens with zero attached hydrogens (tertiary/aromatic N) is 1.